The molecule has 2 aromatic heterocycles. The smallest absolute Gasteiger partial charge is 0.412 e. The fourth-order valence-corrected chi connectivity index (χ4v) is 4.56. The number of rotatable bonds is 3. The minimum atomic E-state index is -0.534. The molecule has 1 N–H and O–H groups in total. The molecule has 23 heavy (non-hydrogen) atoms. The van der Waals surface area contributed by atoms with E-state index in [4.69, 9.17) is 9.84 Å². The van der Waals surface area contributed by atoms with E-state index in [1.807, 2.05) is 10.5 Å². The van der Waals surface area contributed by atoms with E-state index < -0.39 is 6.09 Å². The lowest BCUT2D eigenvalue weighted by Crippen LogP contribution is -2.57. The molecule has 5 rings (SSSR count). The number of carbonyl (C=O) groups excluding carboxylic acids is 1. The molecule has 0 saturated carbocycles. The van der Waals surface area contributed by atoms with Gasteiger partial charge in [0.1, 0.15) is 5.82 Å². The largest absolute Gasteiger partial charge is 0.453 e. The molecule has 3 aliphatic heterocycles. The van der Waals surface area contributed by atoms with Gasteiger partial charge in [0.25, 0.3) is 0 Å². The van der Waals surface area contributed by atoms with Crippen molar-refractivity contribution in [2.24, 2.45) is 0 Å². The molecular formula is C13H15IN5O3P. The summed E-state index contributed by atoms with van der Waals surface area (Å²) in [6.07, 6.45) is 3.48. The second-order valence-electron chi connectivity index (χ2n) is 5.54. The van der Waals surface area contributed by atoms with E-state index in [9.17, 15) is 4.79 Å². The minimum Gasteiger partial charge on any atom is -0.453 e. The van der Waals surface area contributed by atoms with Gasteiger partial charge in [-0.15, -0.1) is 5.10 Å². The number of nitrogens with one attached hydrogen (secondary N) is 1. The van der Waals surface area contributed by atoms with Gasteiger partial charge in [0.05, 0.1) is 36.6 Å². The number of carbonyl (C=O) groups is 1. The number of amides is 1. The van der Waals surface area contributed by atoms with Gasteiger partial charge in [-0.2, -0.15) is 0 Å². The topological polar surface area (TPSA) is 81.5 Å². The fraction of sp³-hybridized carbons (Fsp3) is 0.462. The third-order valence-electron chi connectivity index (χ3n) is 4.10. The van der Waals surface area contributed by atoms with Crippen LogP contribution in [0, 0.1) is 0 Å². The van der Waals surface area contributed by atoms with Crippen LogP contribution in [0.25, 0.3) is 10.9 Å². The Morgan fingerprint density at radius 1 is 1.52 bits per heavy atom. The van der Waals surface area contributed by atoms with Gasteiger partial charge in [0, 0.05) is 31.8 Å². The van der Waals surface area contributed by atoms with Crippen molar-refractivity contribution in [1.82, 2.24) is 14.5 Å². The Balaban J connectivity index is 1.70. The van der Waals surface area contributed by atoms with Crippen molar-refractivity contribution in [2.75, 3.05) is 30.4 Å². The van der Waals surface area contributed by atoms with Crippen molar-refractivity contribution in [3.05, 3.63) is 12.3 Å². The summed E-state index contributed by atoms with van der Waals surface area (Å²) in [6.45, 7) is 1.74. The van der Waals surface area contributed by atoms with Crippen LogP contribution in [0.1, 0.15) is 6.42 Å². The van der Waals surface area contributed by atoms with E-state index in [-0.39, 0.29) is 0 Å². The number of fused-ring (bicyclic) bond motifs is 3. The van der Waals surface area contributed by atoms with Gasteiger partial charge >= 0.3 is 6.09 Å². The maximum absolute atomic E-state index is 11.3. The predicted molar refractivity (Wildman–Crippen MR) is 96.8 cm³/mol. The summed E-state index contributed by atoms with van der Waals surface area (Å²) >= 11 is 2.30. The van der Waals surface area contributed by atoms with E-state index in [2.05, 4.69) is 42.0 Å². The van der Waals surface area contributed by atoms with E-state index in [0.717, 1.165) is 36.2 Å². The average Bonchev–Trinajstić information content (AvgIpc) is 2.92. The number of piperidine rings is 1. The first kappa shape index (κ1) is 15.3. The Kier molecular flexibility index (Phi) is 4.02. The Morgan fingerprint density at radius 2 is 2.26 bits per heavy atom. The molecule has 0 aliphatic carbocycles. The molecule has 3 aliphatic rings. The highest BCUT2D eigenvalue weighted by molar-refractivity contribution is 14.2. The van der Waals surface area contributed by atoms with Gasteiger partial charge in [-0.25, -0.2) is 14.2 Å². The van der Waals surface area contributed by atoms with Crippen molar-refractivity contribution in [3.63, 3.8) is 0 Å². The zero-order valence-corrected chi connectivity index (χ0v) is 15.5. The molecule has 2 bridgehead atoms. The van der Waals surface area contributed by atoms with Gasteiger partial charge in [-0.1, -0.05) is 0 Å². The molecule has 0 aromatic carbocycles. The lowest BCUT2D eigenvalue weighted by molar-refractivity contribution is -0.133. The quantitative estimate of drug-likeness (QED) is 0.575. The highest BCUT2D eigenvalue weighted by Gasteiger charge is 2.39. The average molecular weight is 447 g/mol. The Bertz CT molecular complexity index is 753. The van der Waals surface area contributed by atoms with Crippen LogP contribution >= 0.6 is 28.4 Å². The minimum absolute atomic E-state index is 0.323. The lowest BCUT2D eigenvalue weighted by Gasteiger charge is -2.47. The van der Waals surface area contributed by atoms with Crippen LogP contribution in [0.3, 0.4) is 0 Å². The van der Waals surface area contributed by atoms with Crippen LogP contribution in [-0.4, -0.2) is 53.0 Å². The van der Waals surface area contributed by atoms with Crippen molar-refractivity contribution in [1.29, 1.82) is 0 Å². The third kappa shape index (κ3) is 2.74. The summed E-state index contributed by atoms with van der Waals surface area (Å²) in [7, 11) is 1.33. The number of aromatic nitrogens is 3. The number of anilines is 2. The number of halogens is 1. The summed E-state index contributed by atoms with van der Waals surface area (Å²) in [5.74, 6) is 1.40. The second-order valence-corrected chi connectivity index (χ2v) is 7.58. The maximum atomic E-state index is 11.3. The molecule has 2 aromatic rings. The number of pyridine rings is 1. The summed E-state index contributed by atoms with van der Waals surface area (Å²) < 4.78 is 12.2. The summed E-state index contributed by atoms with van der Waals surface area (Å²) in [5, 5.41) is 8.32. The molecule has 0 spiro atoms. The maximum Gasteiger partial charge on any atom is 0.412 e. The molecule has 5 heterocycles. The highest BCUT2D eigenvalue weighted by Crippen LogP contribution is 2.38. The molecule has 3 atom stereocenters. The summed E-state index contributed by atoms with van der Waals surface area (Å²) in [4.78, 5) is 17.9. The van der Waals surface area contributed by atoms with E-state index >= 15 is 0 Å². The normalized spacial score (nSPS) is 23.3. The van der Waals surface area contributed by atoms with Gasteiger partial charge in [-0.3, -0.25) is 5.32 Å². The van der Waals surface area contributed by atoms with Crippen LogP contribution in [0.15, 0.2) is 12.3 Å². The van der Waals surface area contributed by atoms with Gasteiger partial charge in [0.15, 0.2) is 5.82 Å². The first-order chi connectivity index (χ1) is 11.2. The van der Waals surface area contributed by atoms with Crippen LogP contribution in [-0.2, 0) is 9.47 Å². The molecule has 3 saturated heterocycles. The van der Waals surface area contributed by atoms with Crippen LogP contribution in [0.5, 0.6) is 0 Å². The third-order valence-corrected chi connectivity index (χ3v) is 5.97. The number of morpholine rings is 1. The number of nitrogens with zero attached hydrogens (tertiary/aromatic N) is 4. The fourth-order valence-electron chi connectivity index (χ4n) is 3.05. The highest BCUT2D eigenvalue weighted by atomic mass is 127. The van der Waals surface area contributed by atoms with Gasteiger partial charge in [0.2, 0.25) is 0 Å². The standard InChI is InChI=1S/C13H15IN5O3P/c1-21-13(20)16-11-3-10-9(4-15-11)12(17-19(10)23-14)18-5-7-2-8(6-18)22-7/h3-4,7-8,23H,2,5-6H2,1H3,(H,15,16,20). The first-order valence-electron chi connectivity index (χ1n) is 7.18. The van der Waals surface area contributed by atoms with Crippen molar-refractivity contribution in [3.8, 4) is 0 Å². The zero-order valence-electron chi connectivity index (χ0n) is 12.3. The molecule has 3 unspecified atom stereocenters. The molecular weight excluding hydrogens is 432 g/mol. The predicted octanol–water partition coefficient (Wildman–Crippen LogP) is 2.38. The van der Waals surface area contributed by atoms with Crippen molar-refractivity contribution >= 4 is 57.0 Å². The Morgan fingerprint density at radius 3 is 2.91 bits per heavy atom. The monoisotopic (exact) mass is 447 g/mol. The molecule has 0 radical (unpaired) electrons. The van der Waals surface area contributed by atoms with Crippen LogP contribution in [0.4, 0.5) is 16.4 Å². The number of ether oxygens (including phenoxy) is 2. The SMILES string of the molecule is COC(=O)Nc1cc2c(cn1)c(N1CC3CC(C1)O3)nn2PI. The lowest BCUT2D eigenvalue weighted by atomic mass is 9.99. The molecule has 122 valence electrons. The first-order valence-corrected chi connectivity index (χ1v) is 11.2. The Hall–Kier alpha value is -1.19. The van der Waals surface area contributed by atoms with Crippen molar-refractivity contribution in [2.45, 2.75) is 18.6 Å². The molecule has 8 nitrogen and oxygen atoms in total. The van der Waals surface area contributed by atoms with E-state index in [1.165, 1.54) is 7.11 Å². The molecule has 3 fully saturated rings. The summed E-state index contributed by atoms with van der Waals surface area (Å²) in [5.41, 5.74) is 0.953. The number of hydrogen-bond acceptors (Lipinski definition) is 6. The van der Waals surface area contributed by atoms with Crippen LogP contribution < -0.4 is 10.2 Å². The van der Waals surface area contributed by atoms with Crippen molar-refractivity contribution < 1.29 is 14.3 Å². The summed E-state index contributed by atoms with van der Waals surface area (Å²) in [6, 6.07) is 1.83. The second kappa shape index (κ2) is 6.03. The zero-order chi connectivity index (χ0) is 16.0. The molecule has 10 heteroatoms. The molecule has 1 amide bonds. The van der Waals surface area contributed by atoms with E-state index in [1.54, 1.807) is 6.20 Å². The Labute approximate surface area is 147 Å². The van der Waals surface area contributed by atoms with E-state index in [0.29, 0.717) is 24.4 Å². The number of hydrogen-bond donors (Lipinski definition) is 1. The van der Waals surface area contributed by atoms with Crippen LogP contribution in [0.2, 0.25) is 0 Å². The number of methoxy groups -OCH3 is 1. The van der Waals surface area contributed by atoms with Gasteiger partial charge in [-0.05, 0) is 22.0 Å². The van der Waals surface area contributed by atoms with Gasteiger partial charge < -0.3 is 14.4 Å².